The van der Waals surface area contributed by atoms with Gasteiger partial charge in [-0.25, -0.2) is 13.2 Å². The lowest BCUT2D eigenvalue weighted by atomic mass is 9.87. The SMILES string of the molecule is COc1ccc(S(=O)(=O)N(C[C@H](O)[C@H](Cc2ccccc2)NC(=O)O)CC(C)(C)CCCC#N)cc1. The summed E-state index contributed by atoms with van der Waals surface area (Å²) in [4.78, 5) is 11.5. The van der Waals surface area contributed by atoms with Crippen molar-refractivity contribution in [2.45, 2.75) is 56.6 Å². The maximum Gasteiger partial charge on any atom is 0.404 e. The molecule has 2 atom stereocenters. The summed E-state index contributed by atoms with van der Waals surface area (Å²) in [5, 5.41) is 31.7. The highest BCUT2D eigenvalue weighted by Gasteiger charge is 2.34. The smallest absolute Gasteiger partial charge is 0.404 e. The van der Waals surface area contributed by atoms with E-state index in [1.165, 1.54) is 23.5 Å². The van der Waals surface area contributed by atoms with Crippen LogP contribution < -0.4 is 10.1 Å². The molecule has 0 spiro atoms. The number of sulfonamides is 1. The molecule has 0 aliphatic rings. The molecular weight excluding hydrogens is 482 g/mol. The number of amides is 1. The monoisotopic (exact) mass is 517 g/mol. The Morgan fingerprint density at radius 3 is 2.36 bits per heavy atom. The highest BCUT2D eigenvalue weighted by atomic mass is 32.2. The average Bonchev–Trinajstić information content (AvgIpc) is 2.83. The van der Waals surface area contributed by atoms with Gasteiger partial charge in [0.15, 0.2) is 0 Å². The third-order valence-corrected chi connectivity index (χ3v) is 7.73. The topological polar surface area (TPSA) is 140 Å². The van der Waals surface area contributed by atoms with E-state index in [2.05, 4.69) is 11.4 Å². The fourth-order valence-electron chi connectivity index (χ4n) is 3.99. The van der Waals surface area contributed by atoms with Gasteiger partial charge < -0.3 is 20.3 Å². The van der Waals surface area contributed by atoms with Gasteiger partial charge in [0.25, 0.3) is 0 Å². The summed E-state index contributed by atoms with van der Waals surface area (Å²) in [6.45, 7) is 3.58. The van der Waals surface area contributed by atoms with Crippen LogP contribution in [0.4, 0.5) is 4.79 Å². The molecule has 0 unspecified atom stereocenters. The molecule has 1 amide bonds. The van der Waals surface area contributed by atoms with Crippen LogP contribution in [0.1, 0.15) is 38.7 Å². The van der Waals surface area contributed by atoms with E-state index in [4.69, 9.17) is 10.00 Å². The van der Waals surface area contributed by atoms with Crippen molar-refractivity contribution in [3.63, 3.8) is 0 Å². The van der Waals surface area contributed by atoms with Crippen LogP contribution in [0.2, 0.25) is 0 Å². The lowest BCUT2D eigenvalue weighted by Crippen LogP contribution is -2.51. The van der Waals surface area contributed by atoms with E-state index in [0.717, 1.165) is 5.56 Å². The van der Waals surface area contributed by atoms with E-state index in [1.807, 2.05) is 44.2 Å². The second-order valence-electron chi connectivity index (χ2n) is 9.46. The zero-order chi connectivity index (χ0) is 26.8. The highest BCUT2D eigenvalue weighted by Crippen LogP contribution is 2.29. The maximum absolute atomic E-state index is 13.7. The van der Waals surface area contributed by atoms with Crippen molar-refractivity contribution < 1.29 is 28.2 Å². The summed E-state index contributed by atoms with van der Waals surface area (Å²) in [6, 6.07) is 16.2. The van der Waals surface area contributed by atoms with Gasteiger partial charge in [-0.05, 0) is 54.5 Å². The number of nitriles is 1. The molecule has 0 radical (unpaired) electrons. The molecule has 0 aliphatic carbocycles. The molecule has 2 aromatic rings. The molecule has 0 aliphatic heterocycles. The Balaban J connectivity index is 2.36. The van der Waals surface area contributed by atoms with Crippen LogP contribution in [0, 0.1) is 16.7 Å². The molecule has 196 valence electrons. The summed E-state index contributed by atoms with van der Waals surface area (Å²) < 4.78 is 33.7. The number of aliphatic hydroxyl groups excluding tert-OH is 1. The zero-order valence-corrected chi connectivity index (χ0v) is 21.7. The third kappa shape index (κ3) is 8.82. The number of nitrogens with one attached hydrogen (secondary N) is 1. The highest BCUT2D eigenvalue weighted by molar-refractivity contribution is 7.89. The Labute approximate surface area is 213 Å². The molecule has 10 heteroatoms. The van der Waals surface area contributed by atoms with E-state index in [-0.39, 0.29) is 24.4 Å². The summed E-state index contributed by atoms with van der Waals surface area (Å²) in [7, 11) is -2.56. The van der Waals surface area contributed by atoms with Crippen molar-refractivity contribution in [2.24, 2.45) is 5.41 Å². The van der Waals surface area contributed by atoms with Gasteiger partial charge >= 0.3 is 6.09 Å². The second-order valence-corrected chi connectivity index (χ2v) is 11.4. The molecular formula is C26H35N3O6S. The number of methoxy groups -OCH3 is 1. The van der Waals surface area contributed by atoms with Crippen LogP contribution in [-0.4, -0.2) is 61.4 Å². The van der Waals surface area contributed by atoms with Crippen molar-refractivity contribution in [1.82, 2.24) is 9.62 Å². The van der Waals surface area contributed by atoms with Gasteiger partial charge in [-0.15, -0.1) is 0 Å². The zero-order valence-electron chi connectivity index (χ0n) is 20.9. The Kier molecular flexibility index (Phi) is 10.7. The first kappa shape index (κ1) is 29.1. The number of aliphatic hydroxyl groups is 1. The number of rotatable bonds is 14. The van der Waals surface area contributed by atoms with Gasteiger partial charge in [0.05, 0.1) is 30.2 Å². The van der Waals surface area contributed by atoms with Crippen LogP contribution in [0.15, 0.2) is 59.5 Å². The quantitative estimate of drug-likeness (QED) is 0.325. The Hall–Kier alpha value is -3.13. The van der Waals surface area contributed by atoms with Crippen LogP contribution >= 0.6 is 0 Å². The van der Waals surface area contributed by atoms with E-state index < -0.39 is 33.7 Å². The molecule has 0 aromatic heterocycles. The first-order valence-electron chi connectivity index (χ1n) is 11.7. The predicted molar refractivity (Wildman–Crippen MR) is 136 cm³/mol. The largest absolute Gasteiger partial charge is 0.497 e. The first-order valence-corrected chi connectivity index (χ1v) is 13.1. The number of carbonyl (C=O) groups is 1. The van der Waals surface area contributed by atoms with Gasteiger partial charge in [0.1, 0.15) is 5.75 Å². The molecule has 36 heavy (non-hydrogen) atoms. The molecule has 0 fully saturated rings. The Morgan fingerprint density at radius 1 is 1.17 bits per heavy atom. The molecule has 2 aromatic carbocycles. The number of hydrogen-bond acceptors (Lipinski definition) is 6. The molecule has 0 bridgehead atoms. The lowest BCUT2D eigenvalue weighted by molar-refractivity contribution is 0.0904. The summed E-state index contributed by atoms with van der Waals surface area (Å²) in [5.41, 5.74) is 0.308. The summed E-state index contributed by atoms with van der Waals surface area (Å²) >= 11 is 0. The van der Waals surface area contributed by atoms with Gasteiger partial charge in [-0.3, -0.25) is 0 Å². The number of unbranched alkanes of at least 4 members (excludes halogenated alkanes) is 1. The van der Waals surface area contributed by atoms with Crippen molar-refractivity contribution in [2.75, 3.05) is 20.2 Å². The average molecular weight is 518 g/mol. The van der Waals surface area contributed by atoms with Crippen LogP contribution in [0.25, 0.3) is 0 Å². The molecule has 0 saturated carbocycles. The summed E-state index contributed by atoms with van der Waals surface area (Å²) in [5.74, 6) is 0.506. The number of ether oxygens (including phenoxy) is 1. The molecule has 2 rings (SSSR count). The van der Waals surface area contributed by atoms with Crippen molar-refractivity contribution >= 4 is 16.1 Å². The van der Waals surface area contributed by atoms with E-state index in [0.29, 0.717) is 25.0 Å². The molecule has 9 nitrogen and oxygen atoms in total. The lowest BCUT2D eigenvalue weighted by Gasteiger charge is -2.35. The van der Waals surface area contributed by atoms with Gasteiger partial charge in [-0.2, -0.15) is 9.57 Å². The maximum atomic E-state index is 13.7. The molecule has 0 heterocycles. The fourth-order valence-corrected chi connectivity index (χ4v) is 5.64. The first-order chi connectivity index (χ1) is 17.0. The number of hydrogen-bond donors (Lipinski definition) is 3. The second kappa shape index (κ2) is 13.3. The standard InChI is InChI=1S/C26H35N3O6S/c1-26(2,15-7-8-16-27)19-29(36(33,34)22-13-11-21(35-3)12-14-22)18-24(30)23(28-25(31)32)17-20-9-5-4-6-10-20/h4-6,9-14,23-24,28,30H,7-8,15,17-19H2,1-3H3,(H,31,32)/t23-,24-/m0/s1. The van der Waals surface area contributed by atoms with E-state index >= 15 is 0 Å². The van der Waals surface area contributed by atoms with Crippen molar-refractivity contribution in [3.8, 4) is 11.8 Å². The molecule has 0 saturated heterocycles. The Bertz CT molecular complexity index is 1110. The minimum absolute atomic E-state index is 0.0362. The fraction of sp³-hybridized carbons (Fsp3) is 0.462. The van der Waals surface area contributed by atoms with Gasteiger partial charge in [-0.1, -0.05) is 44.2 Å². The van der Waals surface area contributed by atoms with Crippen molar-refractivity contribution in [1.29, 1.82) is 5.26 Å². The van der Waals surface area contributed by atoms with Gasteiger partial charge in [0.2, 0.25) is 10.0 Å². The van der Waals surface area contributed by atoms with Gasteiger partial charge in [0, 0.05) is 19.5 Å². The van der Waals surface area contributed by atoms with Crippen molar-refractivity contribution in [3.05, 3.63) is 60.2 Å². The van der Waals surface area contributed by atoms with E-state index in [9.17, 15) is 23.4 Å². The summed E-state index contributed by atoms with van der Waals surface area (Å²) in [6.07, 6.45) is -0.860. The minimum atomic E-state index is -4.04. The van der Waals surface area contributed by atoms with E-state index in [1.54, 1.807) is 12.1 Å². The molecule has 3 N–H and O–H groups in total. The third-order valence-electron chi connectivity index (χ3n) is 5.91. The minimum Gasteiger partial charge on any atom is -0.497 e. The van der Waals surface area contributed by atoms with Crippen LogP contribution in [-0.2, 0) is 16.4 Å². The van der Waals surface area contributed by atoms with Crippen LogP contribution in [0.3, 0.4) is 0 Å². The normalized spacial score (nSPS) is 13.6. The van der Waals surface area contributed by atoms with Crippen LogP contribution in [0.5, 0.6) is 5.75 Å². The number of nitrogens with zero attached hydrogens (tertiary/aromatic N) is 2. The predicted octanol–water partition coefficient (Wildman–Crippen LogP) is 3.65. The number of carboxylic acid groups (broad SMARTS) is 1. The number of benzene rings is 2. The Morgan fingerprint density at radius 2 is 1.81 bits per heavy atom.